The van der Waals surface area contributed by atoms with Crippen molar-refractivity contribution < 1.29 is 4.74 Å². The molecule has 2 nitrogen and oxygen atoms in total. The first-order valence-corrected chi connectivity index (χ1v) is 11.2. The van der Waals surface area contributed by atoms with Gasteiger partial charge < -0.3 is 4.74 Å². The van der Waals surface area contributed by atoms with E-state index in [1.54, 1.807) is 0 Å². The molecule has 0 atom stereocenters. The Morgan fingerprint density at radius 1 is 0.963 bits per heavy atom. The number of alkyl halides is 1. The van der Waals surface area contributed by atoms with Crippen LogP contribution in [0.1, 0.15) is 51.2 Å². The molecule has 0 aliphatic carbocycles. The molecule has 0 bridgehead atoms. The Balaban J connectivity index is 1.50. The van der Waals surface area contributed by atoms with E-state index in [0.29, 0.717) is 0 Å². The molecule has 2 heterocycles. The van der Waals surface area contributed by atoms with Crippen molar-refractivity contribution in [3.63, 3.8) is 0 Å². The highest BCUT2D eigenvalue weighted by molar-refractivity contribution is 9.08. The minimum absolute atomic E-state index is 0.0494. The summed E-state index contributed by atoms with van der Waals surface area (Å²) in [5.74, 6) is 1.10. The molecule has 144 valence electrons. The predicted octanol–water partition coefficient (Wildman–Crippen LogP) is 6.21. The Kier molecular flexibility index (Phi) is 5.11. The standard InChI is InChI=1S/C24H30BrNO/c1-23(2,3)26-14-12-24(13-15-26)11-10-21-16-20(8-9-22(21)27-24)19-6-4-18(17-25)5-7-19/h4-9,16H,10-15,17H2,1-3H3. The molecule has 4 rings (SSSR count). The zero-order valence-corrected chi connectivity index (χ0v) is 18.3. The van der Waals surface area contributed by atoms with E-state index in [1.807, 2.05) is 0 Å². The molecule has 1 fully saturated rings. The maximum absolute atomic E-state index is 6.62. The third-order valence-electron chi connectivity index (χ3n) is 6.30. The van der Waals surface area contributed by atoms with E-state index in [-0.39, 0.29) is 11.1 Å². The summed E-state index contributed by atoms with van der Waals surface area (Å²) < 4.78 is 6.62. The average Bonchev–Trinajstić information content (AvgIpc) is 2.67. The zero-order valence-electron chi connectivity index (χ0n) is 16.7. The second-order valence-electron chi connectivity index (χ2n) is 9.10. The van der Waals surface area contributed by atoms with Crippen molar-refractivity contribution in [2.45, 2.75) is 62.9 Å². The Morgan fingerprint density at radius 3 is 2.26 bits per heavy atom. The minimum atomic E-state index is 0.0494. The van der Waals surface area contributed by atoms with Gasteiger partial charge in [-0.05, 0) is 80.8 Å². The first kappa shape index (κ1) is 19.0. The van der Waals surface area contributed by atoms with Crippen LogP contribution in [0.3, 0.4) is 0 Å². The smallest absolute Gasteiger partial charge is 0.123 e. The molecule has 0 amide bonds. The lowest BCUT2D eigenvalue weighted by atomic mass is 9.81. The van der Waals surface area contributed by atoms with Crippen molar-refractivity contribution in [2.75, 3.05) is 13.1 Å². The van der Waals surface area contributed by atoms with Crippen LogP contribution < -0.4 is 4.74 Å². The van der Waals surface area contributed by atoms with Crippen LogP contribution in [-0.4, -0.2) is 29.1 Å². The van der Waals surface area contributed by atoms with Gasteiger partial charge in [-0.3, -0.25) is 4.90 Å². The molecule has 2 aliphatic heterocycles. The van der Waals surface area contributed by atoms with Crippen LogP contribution in [0, 0.1) is 0 Å². The van der Waals surface area contributed by atoms with Crippen molar-refractivity contribution >= 4 is 15.9 Å². The van der Waals surface area contributed by atoms with E-state index in [9.17, 15) is 0 Å². The van der Waals surface area contributed by atoms with E-state index in [4.69, 9.17) is 4.74 Å². The van der Waals surface area contributed by atoms with Gasteiger partial charge in [-0.1, -0.05) is 46.3 Å². The van der Waals surface area contributed by atoms with Crippen molar-refractivity contribution in [3.05, 3.63) is 53.6 Å². The number of rotatable bonds is 2. The second kappa shape index (κ2) is 7.25. The van der Waals surface area contributed by atoms with Crippen LogP contribution >= 0.6 is 15.9 Å². The lowest BCUT2D eigenvalue weighted by Gasteiger charge is -2.48. The van der Waals surface area contributed by atoms with Gasteiger partial charge in [-0.15, -0.1) is 0 Å². The zero-order chi connectivity index (χ0) is 19.1. The number of benzene rings is 2. The van der Waals surface area contributed by atoms with Crippen LogP contribution in [0.5, 0.6) is 5.75 Å². The summed E-state index contributed by atoms with van der Waals surface area (Å²) in [6.07, 6.45) is 4.54. The number of hydrogen-bond acceptors (Lipinski definition) is 2. The summed E-state index contributed by atoms with van der Waals surface area (Å²) in [7, 11) is 0. The van der Waals surface area contributed by atoms with Crippen molar-refractivity contribution in [1.29, 1.82) is 0 Å². The highest BCUT2D eigenvalue weighted by atomic mass is 79.9. The van der Waals surface area contributed by atoms with Gasteiger partial charge in [0, 0.05) is 24.0 Å². The van der Waals surface area contributed by atoms with Crippen molar-refractivity contribution in [1.82, 2.24) is 4.90 Å². The summed E-state index contributed by atoms with van der Waals surface area (Å²) in [6.45, 7) is 9.21. The van der Waals surface area contributed by atoms with Crippen LogP contribution in [0.25, 0.3) is 11.1 Å². The largest absolute Gasteiger partial charge is 0.487 e. The lowest BCUT2D eigenvalue weighted by molar-refractivity contribution is -0.0355. The molecule has 1 spiro atoms. The van der Waals surface area contributed by atoms with Gasteiger partial charge in [0.15, 0.2) is 0 Å². The molecule has 2 aromatic carbocycles. The maximum atomic E-state index is 6.62. The van der Waals surface area contributed by atoms with Crippen molar-refractivity contribution in [2.24, 2.45) is 0 Å². The number of fused-ring (bicyclic) bond motifs is 1. The van der Waals surface area contributed by atoms with Crippen LogP contribution in [0.4, 0.5) is 0 Å². The number of hydrogen-bond donors (Lipinski definition) is 0. The number of aryl methyl sites for hydroxylation is 1. The molecule has 0 saturated carbocycles. The highest BCUT2D eigenvalue weighted by Crippen LogP contribution is 2.41. The van der Waals surface area contributed by atoms with Gasteiger partial charge in [0.2, 0.25) is 0 Å². The molecule has 3 heteroatoms. The SMILES string of the molecule is CC(C)(C)N1CCC2(CCc3cc(-c4ccc(CBr)cc4)ccc3O2)CC1. The topological polar surface area (TPSA) is 12.5 Å². The van der Waals surface area contributed by atoms with E-state index < -0.39 is 0 Å². The Bertz CT molecular complexity index is 798. The van der Waals surface area contributed by atoms with E-state index in [0.717, 1.165) is 49.9 Å². The molecule has 0 unspecified atom stereocenters. The summed E-state index contributed by atoms with van der Waals surface area (Å²) in [5, 5.41) is 0.903. The third kappa shape index (κ3) is 3.95. The molecule has 27 heavy (non-hydrogen) atoms. The fourth-order valence-corrected chi connectivity index (χ4v) is 4.80. The molecule has 2 aromatic rings. The van der Waals surface area contributed by atoms with Gasteiger partial charge in [-0.25, -0.2) is 0 Å². The molecule has 0 N–H and O–H groups in total. The number of ether oxygens (including phenoxy) is 1. The summed E-state index contributed by atoms with van der Waals surface area (Å²) in [6, 6.07) is 15.6. The van der Waals surface area contributed by atoms with E-state index in [2.05, 4.69) is 84.1 Å². The Morgan fingerprint density at radius 2 is 1.63 bits per heavy atom. The second-order valence-corrected chi connectivity index (χ2v) is 9.66. The summed E-state index contributed by atoms with van der Waals surface area (Å²) in [5.41, 5.74) is 5.55. The van der Waals surface area contributed by atoms with Gasteiger partial charge in [0.05, 0.1) is 0 Å². The first-order chi connectivity index (χ1) is 12.9. The average molecular weight is 428 g/mol. The van der Waals surface area contributed by atoms with Gasteiger partial charge >= 0.3 is 0 Å². The minimum Gasteiger partial charge on any atom is -0.487 e. The molecule has 2 aliphatic rings. The van der Waals surface area contributed by atoms with Crippen LogP contribution in [0.2, 0.25) is 0 Å². The predicted molar refractivity (Wildman–Crippen MR) is 117 cm³/mol. The number of piperidine rings is 1. The number of likely N-dealkylation sites (tertiary alicyclic amines) is 1. The summed E-state index contributed by atoms with van der Waals surface area (Å²) >= 11 is 3.52. The fourth-order valence-electron chi connectivity index (χ4n) is 4.42. The molecule has 0 radical (unpaired) electrons. The van der Waals surface area contributed by atoms with Gasteiger partial charge in [0.25, 0.3) is 0 Å². The molecular formula is C24H30BrNO. The number of halogens is 1. The molecule has 0 aromatic heterocycles. The number of nitrogens with zero attached hydrogens (tertiary/aromatic N) is 1. The highest BCUT2D eigenvalue weighted by Gasteiger charge is 2.41. The summed E-state index contributed by atoms with van der Waals surface area (Å²) in [4.78, 5) is 2.59. The van der Waals surface area contributed by atoms with Gasteiger partial charge in [-0.2, -0.15) is 0 Å². The molecule has 1 saturated heterocycles. The van der Waals surface area contributed by atoms with E-state index >= 15 is 0 Å². The maximum Gasteiger partial charge on any atom is 0.123 e. The molecular weight excluding hydrogens is 398 g/mol. The normalized spacial score (nSPS) is 19.6. The van der Waals surface area contributed by atoms with E-state index in [1.165, 1.54) is 22.3 Å². The fraction of sp³-hybridized carbons (Fsp3) is 0.500. The van der Waals surface area contributed by atoms with Crippen LogP contribution in [0.15, 0.2) is 42.5 Å². The third-order valence-corrected chi connectivity index (χ3v) is 6.95. The quantitative estimate of drug-likeness (QED) is 0.528. The Labute approximate surface area is 172 Å². The van der Waals surface area contributed by atoms with Crippen LogP contribution in [-0.2, 0) is 11.8 Å². The Hall–Kier alpha value is -1.32. The van der Waals surface area contributed by atoms with Crippen molar-refractivity contribution in [3.8, 4) is 16.9 Å². The van der Waals surface area contributed by atoms with Gasteiger partial charge in [0.1, 0.15) is 11.4 Å². The monoisotopic (exact) mass is 427 g/mol. The first-order valence-electron chi connectivity index (χ1n) is 10.1. The lowest BCUT2D eigenvalue weighted by Crippen LogP contribution is -2.54.